The third kappa shape index (κ3) is 6.03. The van der Waals surface area contributed by atoms with Crippen molar-refractivity contribution in [2.45, 2.75) is 45.9 Å². The van der Waals surface area contributed by atoms with E-state index in [-0.39, 0.29) is 11.8 Å². The van der Waals surface area contributed by atoms with E-state index in [0.717, 1.165) is 36.9 Å². The topological polar surface area (TPSA) is 61.8 Å². The first-order valence-corrected chi connectivity index (χ1v) is 10.7. The molecule has 2 N–H and O–H groups in total. The molecule has 158 valence electrons. The molecule has 0 bridgehead atoms. The van der Waals surface area contributed by atoms with Gasteiger partial charge in [-0.25, -0.2) is 9.98 Å². The summed E-state index contributed by atoms with van der Waals surface area (Å²) in [4.78, 5) is 12.4. The number of nitrogens with zero attached hydrogens (tertiary/aromatic N) is 3. The SMILES string of the molecule is CCNC(=NCc1ncc(CC)s1)NC1CCN(c2ccccc2OC(F)F)C1. The average Bonchev–Trinajstić information content (AvgIpc) is 3.35. The van der Waals surface area contributed by atoms with E-state index in [1.807, 2.05) is 25.3 Å². The number of ether oxygens (including phenoxy) is 1. The Balaban J connectivity index is 1.61. The maximum atomic E-state index is 12.7. The number of rotatable bonds is 8. The van der Waals surface area contributed by atoms with Crippen molar-refractivity contribution in [3.8, 4) is 5.75 Å². The highest BCUT2D eigenvalue weighted by molar-refractivity contribution is 7.11. The number of alkyl halides is 2. The van der Waals surface area contributed by atoms with Gasteiger partial charge in [-0.05, 0) is 31.9 Å². The molecule has 1 saturated heterocycles. The predicted molar refractivity (Wildman–Crippen MR) is 113 cm³/mol. The minimum absolute atomic E-state index is 0.162. The van der Waals surface area contributed by atoms with Gasteiger partial charge in [-0.2, -0.15) is 8.78 Å². The number of aliphatic imine (C=N–C) groups is 1. The third-order valence-electron chi connectivity index (χ3n) is 4.62. The molecule has 0 aliphatic carbocycles. The summed E-state index contributed by atoms with van der Waals surface area (Å²) in [5.74, 6) is 0.948. The molecule has 0 amide bonds. The van der Waals surface area contributed by atoms with Gasteiger partial charge in [0.25, 0.3) is 0 Å². The monoisotopic (exact) mass is 423 g/mol. The van der Waals surface area contributed by atoms with Gasteiger partial charge < -0.3 is 20.3 Å². The molecule has 1 unspecified atom stereocenters. The van der Waals surface area contributed by atoms with Gasteiger partial charge in [-0.3, -0.25) is 0 Å². The molecule has 2 heterocycles. The van der Waals surface area contributed by atoms with Crippen LogP contribution in [0.4, 0.5) is 14.5 Å². The molecule has 9 heteroatoms. The lowest BCUT2D eigenvalue weighted by Gasteiger charge is -2.22. The molecule has 0 saturated carbocycles. The molecule has 1 aliphatic rings. The van der Waals surface area contributed by atoms with Crippen LogP contribution in [0, 0.1) is 0 Å². The Hall–Kier alpha value is -2.42. The molecule has 1 fully saturated rings. The van der Waals surface area contributed by atoms with Crippen LogP contribution in [0.5, 0.6) is 5.75 Å². The number of benzene rings is 1. The Labute approximate surface area is 174 Å². The second-order valence-corrected chi connectivity index (χ2v) is 7.89. The van der Waals surface area contributed by atoms with E-state index < -0.39 is 6.61 Å². The summed E-state index contributed by atoms with van der Waals surface area (Å²) in [7, 11) is 0. The maximum Gasteiger partial charge on any atom is 0.387 e. The lowest BCUT2D eigenvalue weighted by atomic mass is 10.2. The van der Waals surface area contributed by atoms with E-state index in [1.165, 1.54) is 4.88 Å². The number of para-hydroxylation sites is 2. The van der Waals surface area contributed by atoms with Gasteiger partial charge in [0.05, 0.1) is 12.2 Å². The number of halogens is 2. The molecule has 1 aromatic carbocycles. The zero-order chi connectivity index (χ0) is 20.6. The normalized spacial score (nSPS) is 17.1. The van der Waals surface area contributed by atoms with E-state index >= 15 is 0 Å². The van der Waals surface area contributed by atoms with Crippen molar-refractivity contribution >= 4 is 23.0 Å². The standard InChI is InChI=1S/C20H27F2N5OS/c1-3-15-11-24-18(29-15)12-25-20(23-4-2)26-14-9-10-27(13-14)16-7-5-6-8-17(16)28-19(21)22/h5-8,11,14,19H,3-4,9-10,12-13H2,1-2H3,(H2,23,25,26). The average molecular weight is 424 g/mol. The van der Waals surface area contributed by atoms with E-state index in [0.29, 0.717) is 18.8 Å². The number of thiazole rings is 1. The summed E-state index contributed by atoms with van der Waals surface area (Å²) >= 11 is 1.68. The van der Waals surface area contributed by atoms with Gasteiger partial charge in [0.1, 0.15) is 10.8 Å². The van der Waals surface area contributed by atoms with Crippen LogP contribution in [-0.2, 0) is 13.0 Å². The molecule has 1 aromatic heterocycles. The number of aromatic nitrogens is 1. The fraction of sp³-hybridized carbons (Fsp3) is 0.500. The first-order valence-electron chi connectivity index (χ1n) is 9.86. The Morgan fingerprint density at radius 1 is 1.38 bits per heavy atom. The van der Waals surface area contributed by atoms with Crippen LogP contribution in [0.2, 0.25) is 0 Å². The van der Waals surface area contributed by atoms with Crippen molar-refractivity contribution in [3.05, 3.63) is 40.3 Å². The Morgan fingerprint density at radius 2 is 2.21 bits per heavy atom. The van der Waals surface area contributed by atoms with Crippen molar-refractivity contribution in [1.82, 2.24) is 15.6 Å². The summed E-state index contributed by atoms with van der Waals surface area (Å²) in [6.07, 6.45) is 3.77. The third-order valence-corrected chi connectivity index (χ3v) is 5.74. The molecule has 1 atom stereocenters. The molecule has 0 spiro atoms. The minimum Gasteiger partial charge on any atom is -0.433 e. The molecule has 2 aromatic rings. The molecular weight excluding hydrogens is 396 g/mol. The quantitative estimate of drug-likeness (QED) is 0.501. The van der Waals surface area contributed by atoms with Crippen molar-refractivity contribution in [2.24, 2.45) is 4.99 Å². The fourth-order valence-electron chi connectivity index (χ4n) is 3.26. The summed E-state index contributed by atoms with van der Waals surface area (Å²) in [5, 5.41) is 7.71. The summed E-state index contributed by atoms with van der Waals surface area (Å²) < 4.78 is 30.1. The van der Waals surface area contributed by atoms with Crippen LogP contribution < -0.4 is 20.3 Å². The van der Waals surface area contributed by atoms with Crippen LogP contribution in [-0.4, -0.2) is 43.2 Å². The van der Waals surface area contributed by atoms with E-state index in [2.05, 4.69) is 37.2 Å². The van der Waals surface area contributed by atoms with Gasteiger partial charge in [0.2, 0.25) is 0 Å². The summed E-state index contributed by atoms with van der Waals surface area (Å²) in [6, 6.07) is 7.08. The molecule has 3 rings (SSSR count). The van der Waals surface area contributed by atoms with Gasteiger partial charge in [-0.15, -0.1) is 11.3 Å². The first kappa shape index (κ1) is 21.3. The highest BCUT2D eigenvalue weighted by Crippen LogP contribution is 2.31. The number of hydrogen-bond acceptors (Lipinski definition) is 5. The van der Waals surface area contributed by atoms with Crippen molar-refractivity contribution < 1.29 is 13.5 Å². The molecule has 0 radical (unpaired) electrons. The highest BCUT2D eigenvalue weighted by Gasteiger charge is 2.26. The molecular formula is C20H27F2N5OS. The van der Waals surface area contributed by atoms with Crippen LogP contribution in [0.1, 0.15) is 30.2 Å². The predicted octanol–water partition coefficient (Wildman–Crippen LogP) is 3.64. The van der Waals surface area contributed by atoms with Crippen molar-refractivity contribution in [2.75, 3.05) is 24.5 Å². The lowest BCUT2D eigenvalue weighted by Crippen LogP contribution is -2.44. The van der Waals surface area contributed by atoms with Crippen LogP contribution in [0.25, 0.3) is 0 Å². The van der Waals surface area contributed by atoms with Crippen LogP contribution >= 0.6 is 11.3 Å². The lowest BCUT2D eigenvalue weighted by molar-refractivity contribution is -0.0495. The van der Waals surface area contributed by atoms with Gasteiger partial charge in [0.15, 0.2) is 5.96 Å². The van der Waals surface area contributed by atoms with Gasteiger partial charge >= 0.3 is 6.61 Å². The zero-order valence-corrected chi connectivity index (χ0v) is 17.5. The second kappa shape index (κ2) is 10.4. The van der Waals surface area contributed by atoms with Crippen molar-refractivity contribution in [1.29, 1.82) is 0 Å². The maximum absolute atomic E-state index is 12.7. The highest BCUT2D eigenvalue weighted by atomic mass is 32.1. The van der Waals surface area contributed by atoms with Crippen LogP contribution in [0.15, 0.2) is 35.5 Å². The van der Waals surface area contributed by atoms with E-state index in [1.54, 1.807) is 23.5 Å². The fourth-order valence-corrected chi connectivity index (χ4v) is 4.04. The Morgan fingerprint density at radius 3 is 2.93 bits per heavy atom. The number of anilines is 1. The second-order valence-electron chi connectivity index (χ2n) is 6.69. The number of hydrogen-bond donors (Lipinski definition) is 2. The Kier molecular flexibility index (Phi) is 7.62. The molecule has 1 aliphatic heterocycles. The van der Waals surface area contributed by atoms with Gasteiger partial charge in [0, 0.05) is 36.8 Å². The number of guanidine groups is 1. The summed E-state index contributed by atoms with van der Waals surface area (Å²) in [5.41, 5.74) is 0.689. The minimum atomic E-state index is -2.83. The zero-order valence-electron chi connectivity index (χ0n) is 16.7. The number of aryl methyl sites for hydroxylation is 1. The van der Waals surface area contributed by atoms with E-state index in [4.69, 9.17) is 0 Å². The van der Waals surface area contributed by atoms with E-state index in [9.17, 15) is 8.78 Å². The largest absolute Gasteiger partial charge is 0.433 e. The first-order chi connectivity index (χ1) is 14.1. The van der Waals surface area contributed by atoms with Gasteiger partial charge in [-0.1, -0.05) is 19.1 Å². The number of nitrogens with one attached hydrogen (secondary N) is 2. The molecule has 29 heavy (non-hydrogen) atoms. The van der Waals surface area contributed by atoms with Crippen molar-refractivity contribution in [3.63, 3.8) is 0 Å². The van der Waals surface area contributed by atoms with Crippen LogP contribution in [0.3, 0.4) is 0 Å². The Bertz CT molecular complexity index is 814. The molecule has 6 nitrogen and oxygen atoms in total. The summed E-state index contributed by atoms with van der Waals surface area (Å²) in [6.45, 7) is 4.03. The smallest absolute Gasteiger partial charge is 0.387 e.